The number of fused-ring (bicyclic) bond motifs is 1. The molecule has 1 aliphatic carbocycles. The van der Waals surface area contributed by atoms with Crippen LogP contribution in [0, 0.1) is 17.7 Å². The van der Waals surface area contributed by atoms with Gasteiger partial charge in [-0.3, -0.25) is 10.2 Å². The van der Waals surface area contributed by atoms with E-state index < -0.39 is 24.7 Å². The van der Waals surface area contributed by atoms with Crippen molar-refractivity contribution in [1.29, 1.82) is 0 Å². The summed E-state index contributed by atoms with van der Waals surface area (Å²) >= 11 is 0. The van der Waals surface area contributed by atoms with Crippen molar-refractivity contribution < 1.29 is 26.9 Å². The number of carbonyl (C=O) groups is 1. The van der Waals surface area contributed by atoms with Crippen LogP contribution >= 0.6 is 7.14 Å². The molecule has 6 nitrogen and oxygen atoms in total. The Bertz CT molecular complexity index is 1180. The fourth-order valence-corrected chi connectivity index (χ4v) is 8.51. The second kappa shape index (κ2) is 9.78. The van der Waals surface area contributed by atoms with Gasteiger partial charge in [0.1, 0.15) is 18.8 Å². The summed E-state index contributed by atoms with van der Waals surface area (Å²) in [6.07, 6.45) is 1.49. The zero-order valence-corrected chi connectivity index (χ0v) is 20.6. The molecular weight excluding hydrogens is 495 g/mol. The number of alkyl halides is 3. The van der Waals surface area contributed by atoms with E-state index in [0.717, 1.165) is 49.6 Å². The van der Waals surface area contributed by atoms with E-state index in [1.165, 1.54) is 6.07 Å². The maximum absolute atomic E-state index is 14.9. The van der Waals surface area contributed by atoms with Gasteiger partial charge in [-0.15, -0.1) is 0 Å². The van der Waals surface area contributed by atoms with E-state index in [1.807, 2.05) is 0 Å². The minimum Gasteiger partial charge on any atom is -0.356 e. The summed E-state index contributed by atoms with van der Waals surface area (Å²) in [4.78, 5) is 18.0. The SMILES string of the molecule is O=C1NNC(Cc2ccc(F)c(P3(=O)CCN(c4cc(C(F)(F)F)ccn4)CC3)c2)C2CCCCC12. The Kier molecular flexibility index (Phi) is 6.85. The van der Waals surface area contributed by atoms with E-state index in [4.69, 9.17) is 0 Å². The standard InChI is InChI=1S/C25H29F4N4O2P/c26-20-6-5-16(13-21-18-3-1-2-4-19(18)24(34)32-31-21)14-22(20)36(35)11-9-33(10-12-36)23-15-17(7-8-30-23)25(27,28)29/h5-8,14-15,18-19,21,31H,1-4,9-13H2,(H,32,34). The quantitative estimate of drug-likeness (QED) is 0.466. The fraction of sp³-hybridized carbons (Fsp3) is 0.520. The first-order valence-electron chi connectivity index (χ1n) is 12.3. The Morgan fingerprint density at radius 1 is 1.08 bits per heavy atom. The maximum Gasteiger partial charge on any atom is 0.416 e. The number of halogens is 4. The third kappa shape index (κ3) is 5.02. The number of nitrogens with zero attached hydrogens (tertiary/aromatic N) is 2. The molecule has 1 aromatic carbocycles. The van der Waals surface area contributed by atoms with Crippen LogP contribution in [0.3, 0.4) is 0 Å². The monoisotopic (exact) mass is 524 g/mol. The van der Waals surface area contributed by atoms with Crippen molar-refractivity contribution in [3.8, 4) is 0 Å². The molecule has 3 aliphatic rings. The van der Waals surface area contributed by atoms with Crippen LogP contribution in [0.2, 0.25) is 0 Å². The van der Waals surface area contributed by atoms with Gasteiger partial charge in [-0.1, -0.05) is 18.9 Å². The van der Waals surface area contributed by atoms with E-state index >= 15 is 0 Å². The molecule has 11 heteroatoms. The highest BCUT2D eigenvalue weighted by Gasteiger charge is 2.40. The molecule has 0 spiro atoms. The van der Waals surface area contributed by atoms with Crippen LogP contribution < -0.4 is 21.1 Å². The highest BCUT2D eigenvalue weighted by Crippen LogP contribution is 2.48. The van der Waals surface area contributed by atoms with Crippen LogP contribution in [0.25, 0.3) is 0 Å². The third-order valence-corrected chi connectivity index (χ3v) is 10.9. The molecule has 3 fully saturated rings. The number of rotatable bonds is 4. The molecule has 3 atom stereocenters. The zero-order valence-electron chi connectivity index (χ0n) is 19.7. The van der Waals surface area contributed by atoms with Crippen molar-refractivity contribution in [3.63, 3.8) is 0 Å². The average molecular weight is 524 g/mol. The number of anilines is 1. The zero-order chi connectivity index (χ0) is 25.5. The van der Waals surface area contributed by atoms with Gasteiger partial charge in [0.25, 0.3) is 0 Å². The number of hydrogen-bond donors (Lipinski definition) is 2. The van der Waals surface area contributed by atoms with Crippen LogP contribution in [0.5, 0.6) is 0 Å². The normalized spacial score (nSPS) is 26.3. The van der Waals surface area contributed by atoms with Crippen molar-refractivity contribution >= 4 is 24.2 Å². The van der Waals surface area contributed by atoms with Gasteiger partial charge in [0, 0.05) is 48.9 Å². The Labute approximate surface area is 207 Å². The summed E-state index contributed by atoms with van der Waals surface area (Å²) < 4.78 is 68.0. The second-order valence-corrected chi connectivity index (χ2v) is 13.2. The average Bonchev–Trinajstić information content (AvgIpc) is 2.87. The topological polar surface area (TPSA) is 74.3 Å². The van der Waals surface area contributed by atoms with Crippen LogP contribution in [-0.2, 0) is 22.0 Å². The van der Waals surface area contributed by atoms with Crippen LogP contribution in [0.15, 0.2) is 36.5 Å². The lowest BCUT2D eigenvalue weighted by molar-refractivity contribution is -0.137. The number of aromatic nitrogens is 1. The summed E-state index contributed by atoms with van der Waals surface area (Å²) in [5.41, 5.74) is 5.97. The molecule has 1 saturated carbocycles. The summed E-state index contributed by atoms with van der Waals surface area (Å²) in [5.74, 6) is -0.120. The predicted molar refractivity (Wildman–Crippen MR) is 129 cm³/mol. The molecule has 0 bridgehead atoms. The lowest BCUT2D eigenvalue weighted by atomic mass is 9.72. The van der Waals surface area contributed by atoms with Crippen molar-refractivity contribution in [1.82, 2.24) is 15.8 Å². The fourth-order valence-electron chi connectivity index (χ4n) is 5.81. The number of benzene rings is 1. The maximum atomic E-state index is 14.9. The molecule has 2 aliphatic heterocycles. The molecular formula is C25H29F4N4O2P. The predicted octanol–water partition coefficient (Wildman–Crippen LogP) is 4.10. The molecule has 1 amide bonds. The molecule has 3 heterocycles. The van der Waals surface area contributed by atoms with Crippen LogP contribution in [0.4, 0.5) is 23.4 Å². The number of hydrazine groups is 1. The molecule has 194 valence electrons. The third-order valence-electron chi connectivity index (χ3n) is 7.82. The van der Waals surface area contributed by atoms with E-state index in [2.05, 4.69) is 15.8 Å². The Morgan fingerprint density at radius 3 is 2.58 bits per heavy atom. The Balaban J connectivity index is 1.30. The largest absolute Gasteiger partial charge is 0.416 e. The minimum atomic E-state index is -4.47. The molecule has 1 aromatic heterocycles. The minimum absolute atomic E-state index is 0.0149. The molecule has 2 N–H and O–H groups in total. The van der Waals surface area contributed by atoms with Gasteiger partial charge in [0.2, 0.25) is 5.91 Å². The highest BCUT2D eigenvalue weighted by molar-refractivity contribution is 7.71. The summed E-state index contributed by atoms with van der Waals surface area (Å²) in [6, 6.07) is 6.66. The van der Waals surface area contributed by atoms with Gasteiger partial charge in [-0.2, -0.15) is 13.2 Å². The van der Waals surface area contributed by atoms with Gasteiger partial charge in [0.05, 0.1) is 5.56 Å². The van der Waals surface area contributed by atoms with E-state index in [-0.39, 0.29) is 60.3 Å². The Morgan fingerprint density at radius 2 is 1.83 bits per heavy atom. The van der Waals surface area contributed by atoms with E-state index in [9.17, 15) is 26.9 Å². The first kappa shape index (κ1) is 25.2. The van der Waals surface area contributed by atoms with Crippen molar-refractivity contribution in [2.45, 2.75) is 44.3 Å². The summed E-state index contributed by atoms with van der Waals surface area (Å²) in [5, 5.41) is 0.205. The number of amides is 1. The number of pyridine rings is 1. The van der Waals surface area contributed by atoms with Gasteiger partial charge in [0.15, 0.2) is 0 Å². The van der Waals surface area contributed by atoms with Crippen molar-refractivity contribution in [3.05, 3.63) is 53.5 Å². The molecule has 2 aromatic rings. The highest BCUT2D eigenvalue weighted by atomic mass is 31.2. The lowest BCUT2D eigenvalue weighted by Gasteiger charge is -2.41. The van der Waals surface area contributed by atoms with E-state index in [0.29, 0.717) is 6.42 Å². The smallest absolute Gasteiger partial charge is 0.356 e. The first-order valence-corrected chi connectivity index (χ1v) is 14.4. The molecule has 0 radical (unpaired) electrons. The molecule has 3 unspecified atom stereocenters. The molecule has 36 heavy (non-hydrogen) atoms. The van der Waals surface area contributed by atoms with Crippen LogP contribution in [-0.4, -0.2) is 42.3 Å². The van der Waals surface area contributed by atoms with Crippen molar-refractivity contribution in [2.75, 3.05) is 30.3 Å². The van der Waals surface area contributed by atoms with Gasteiger partial charge in [-0.05, 0) is 55.0 Å². The summed E-state index contributed by atoms with van der Waals surface area (Å²) in [6.45, 7) is 0.463. The first-order chi connectivity index (χ1) is 17.1. The number of nitrogens with one attached hydrogen (secondary N) is 2. The van der Waals surface area contributed by atoms with E-state index in [1.54, 1.807) is 17.0 Å². The van der Waals surface area contributed by atoms with Gasteiger partial charge >= 0.3 is 6.18 Å². The van der Waals surface area contributed by atoms with Crippen molar-refractivity contribution in [2.24, 2.45) is 11.8 Å². The molecule has 5 rings (SSSR count). The summed E-state index contributed by atoms with van der Waals surface area (Å²) in [7, 11) is -3.08. The lowest BCUT2D eigenvalue weighted by Crippen LogP contribution is -2.60. The molecule has 2 saturated heterocycles. The van der Waals surface area contributed by atoms with Gasteiger partial charge < -0.3 is 9.46 Å². The number of carbonyl (C=O) groups excluding carboxylic acids is 1. The number of hydrogen-bond acceptors (Lipinski definition) is 5. The van der Waals surface area contributed by atoms with Crippen LogP contribution in [0.1, 0.15) is 36.8 Å². The second-order valence-electron chi connectivity index (χ2n) is 10.0. The Hall–Kier alpha value is -2.45. The van der Waals surface area contributed by atoms with Gasteiger partial charge in [-0.25, -0.2) is 14.8 Å².